The number of hydrogen-bond acceptors (Lipinski definition) is 3. The Balaban J connectivity index is 1.86. The van der Waals surface area contributed by atoms with E-state index in [4.69, 9.17) is 4.99 Å². The van der Waals surface area contributed by atoms with Gasteiger partial charge in [-0.2, -0.15) is 0 Å². The molecule has 6 nitrogen and oxygen atoms in total. The summed E-state index contributed by atoms with van der Waals surface area (Å²) in [4.78, 5) is 4.73. The van der Waals surface area contributed by atoms with Crippen LogP contribution in [-0.2, 0) is 19.4 Å². The maximum atomic E-state index is 4.73. The summed E-state index contributed by atoms with van der Waals surface area (Å²) in [5, 5.41) is 15.5. The summed E-state index contributed by atoms with van der Waals surface area (Å²) in [7, 11) is 0. The van der Waals surface area contributed by atoms with Crippen LogP contribution in [0, 0.1) is 5.92 Å². The van der Waals surface area contributed by atoms with Crippen molar-refractivity contribution in [3.8, 4) is 0 Å². The highest BCUT2D eigenvalue weighted by molar-refractivity contribution is 5.79. The van der Waals surface area contributed by atoms with Crippen molar-refractivity contribution in [2.24, 2.45) is 10.9 Å². The number of aliphatic imine (C=N–C) groups is 1. The lowest BCUT2D eigenvalue weighted by atomic mass is 10.0. The van der Waals surface area contributed by atoms with E-state index in [0.717, 1.165) is 56.6 Å². The Kier molecular flexibility index (Phi) is 8.05. The van der Waals surface area contributed by atoms with Crippen LogP contribution in [0.2, 0.25) is 0 Å². The minimum absolute atomic E-state index is 0.674. The van der Waals surface area contributed by atoms with Crippen LogP contribution in [0.1, 0.15) is 64.5 Å². The topological polar surface area (TPSA) is 67.1 Å². The van der Waals surface area contributed by atoms with E-state index in [1.165, 1.54) is 32.1 Å². The van der Waals surface area contributed by atoms with Crippen LogP contribution < -0.4 is 10.6 Å². The third kappa shape index (κ3) is 5.49. The van der Waals surface area contributed by atoms with Crippen molar-refractivity contribution in [2.75, 3.05) is 19.6 Å². The minimum atomic E-state index is 0.674. The second kappa shape index (κ2) is 10.3. The average molecular weight is 335 g/mol. The fraction of sp³-hybridized carbons (Fsp3) is 0.833. The first-order chi connectivity index (χ1) is 11.8. The maximum Gasteiger partial charge on any atom is 0.191 e. The first kappa shape index (κ1) is 18.7. The molecule has 2 heterocycles. The predicted molar refractivity (Wildman–Crippen MR) is 99.3 cm³/mol. The Morgan fingerprint density at radius 1 is 1.12 bits per heavy atom. The Morgan fingerprint density at radius 2 is 1.96 bits per heavy atom. The van der Waals surface area contributed by atoms with Crippen molar-refractivity contribution in [2.45, 2.75) is 72.3 Å². The monoisotopic (exact) mass is 334 g/mol. The molecule has 0 spiro atoms. The highest BCUT2D eigenvalue weighted by atomic mass is 15.3. The van der Waals surface area contributed by atoms with E-state index in [-0.39, 0.29) is 0 Å². The molecule has 1 aliphatic heterocycles. The number of rotatable bonds is 8. The van der Waals surface area contributed by atoms with Crippen molar-refractivity contribution < 1.29 is 0 Å². The van der Waals surface area contributed by atoms with Gasteiger partial charge in [0.1, 0.15) is 11.6 Å². The van der Waals surface area contributed by atoms with Crippen LogP contribution in [0.25, 0.3) is 0 Å². The van der Waals surface area contributed by atoms with Crippen LogP contribution in [0.5, 0.6) is 0 Å². The first-order valence-corrected chi connectivity index (χ1v) is 9.71. The van der Waals surface area contributed by atoms with E-state index < -0.39 is 0 Å². The third-order valence-corrected chi connectivity index (χ3v) is 4.83. The normalized spacial score (nSPS) is 15.2. The average Bonchev–Trinajstić information content (AvgIpc) is 2.82. The smallest absolute Gasteiger partial charge is 0.191 e. The lowest BCUT2D eigenvalue weighted by Crippen LogP contribution is -2.39. The summed E-state index contributed by atoms with van der Waals surface area (Å²) in [5.74, 6) is 3.86. The van der Waals surface area contributed by atoms with Crippen molar-refractivity contribution in [1.29, 1.82) is 0 Å². The van der Waals surface area contributed by atoms with Crippen molar-refractivity contribution >= 4 is 5.96 Å². The molecule has 0 bridgehead atoms. The zero-order valence-electron chi connectivity index (χ0n) is 15.6. The summed E-state index contributed by atoms with van der Waals surface area (Å²) in [6, 6.07) is 0. The number of aryl methyl sites for hydroxylation is 1. The molecule has 1 aliphatic rings. The molecule has 0 fully saturated rings. The van der Waals surface area contributed by atoms with Gasteiger partial charge in [0.2, 0.25) is 0 Å². The second-order valence-electron chi connectivity index (χ2n) is 6.57. The summed E-state index contributed by atoms with van der Waals surface area (Å²) in [6.45, 7) is 10.3. The molecule has 2 rings (SSSR count). The van der Waals surface area contributed by atoms with Gasteiger partial charge in [-0.05, 0) is 25.7 Å². The SMILES string of the molecule is CCNC(=NCC(CC)CC)NCCc1nnc2n1CCCCC2. The molecule has 0 atom stereocenters. The molecule has 0 saturated heterocycles. The quantitative estimate of drug-likeness (QED) is 0.566. The Hall–Kier alpha value is -1.59. The molecule has 1 aromatic heterocycles. The zero-order valence-corrected chi connectivity index (χ0v) is 15.6. The van der Waals surface area contributed by atoms with Crippen molar-refractivity contribution in [1.82, 2.24) is 25.4 Å². The van der Waals surface area contributed by atoms with E-state index in [2.05, 4.69) is 46.2 Å². The standard InChI is InChI=1S/C18H34N6/c1-4-15(5-2)14-21-18(19-6-3)20-12-11-17-23-22-16-10-8-7-9-13-24(16)17/h15H,4-14H2,1-3H3,(H2,19,20,21). The molecule has 6 heteroatoms. The Morgan fingerprint density at radius 3 is 2.71 bits per heavy atom. The van der Waals surface area contributed by atoms with Gasteiger partial charge in [0.15, 0.2) is 5.96 Å². The van der Waals surface area contributed by atoms with Gasteiger partial charge >= 0.3 is 0 Å². The van der Waals surface area contributed by atoms with Crippen LogP contribution >= 0.6 is 0 Å². The van der Waals surface area contributed by atoms with Crippen molar-refractivity contribution in [3.05, 3.63) is 11.6 Å². The predicted octanol–water partition coefficient (Wildman–Crippen LogP) is 2.54. The van der Waals surface area contributed by atoms with E-state index in [0.29, 0.717) is 5.92 Å². The summed E-state index contributed by atoms with van der Waals surface area (Å²) in [5.41, 5.74) is 0. The van der Waals surface area contributed by atoms with Gasteiger partial charge in [-0.25, -0.2) is 0 Å². The van der Waals surface area contributed by atoms with Gasteiger partial charge in [0.25, 0.3) is 0 Å². The maximum absolute atomic E-state index is 4.73. The van der Waals surface area contributed by atoms with E-state index >= 15 is 0 Å². The van der Waals surface area contributed by atoms with Crippen LogP contribution in [0.4, 0.5) is 0 Å². The molecule has 136 valence electrons. The number of hydrogen-bond donors (Lipinski definition) is 2. The fourth-order valence-corrected chi connectivity index (χ4v) is 3.13. The number of nitrogens with zero attached hydrogens (tertiary/aromatic N) is 4. The van der Waals surface area contributed by atoms with Gasteiger partial charge in [0, 0.05) is 39.0 Å². The van der Waals surface area contributed by atoms with E-state index in [9.17, 15) is 0 Å². The lowest BCUT2D eigenvalue weighted by molar-refractivity contribution is 0.504. The van der Waals surface area contributed by atoms with E-state index in [1.807, 2.05) is 0 Å². The van der Waals surface area contributed by atoms with Gasteiger partial charge in [-0.3, -0.25) is 4.99 Å². The third-order valence-electron chi connectivity index (χ3n) is 4.83. The van der Waals surface area contributed by atoms with E-state index in [1.54, 1.807) is 0 Å². The van der Waals surface area contributed by atoms with Gasteiger partial charge in [-0.15, -0.1) is 10.2 Å². The molecule has 0 unspecified atom stereocenters. The number of aromatic nitrogens is 3. The molecular formula is C18H34N6. The van der Waals surface area contributed by atoms with Gasteiger partial charge in [0.05, 0.1) is 0 Å². The summed E-state index contributed by atoms with van der Waals surface area (Å²) in [6.07, 6.45) is 8.11. The first-order valence-electron chi connectivity index (χ1n) is 9.71. The Labute approximate surface area is 146 Å². The molecule has 0 aromatic carbocycles. The second-order valence-corrected chi connectivity index (χ2v) is 6.57. The molecule has 0 amide bonds. The minimum Gasteiger partial charge on any atom is -0.357 e. The van der Waals surface area contributed by atoms with Crippen LogP contribution in [-0.4, -0.2) is 40.4 Å². The van der Waals surface area contributed by atoms with Crippen LogP contribution in [0.3, 0.4) is 0 Å². The number of nitrogens with one attached hydrogen (secondary N) is 2. The zero-order chi connectivity index (χ0) is 17.2. The van der Waals surface area contributed by atoms with Gasteiger partial charge in [-0.1, -0.05) is 33.1 Å². The van der Waals surface area contributed by atoms with Gasteiger partial charge < -0.3 is 15.2 Å². The lowest BCUT2D eigenvalue weighted by Gasteiger charge is -2.14. The largest absolute Gasteiger partial charge is 0.357 e. The number of guanidine groups is 1. The fourth-order valence-electron chi connectivity index (χ4n) is 3.13. The molecule has 0 saturated carbocycles. The molecule has 24 heavy (non-hydrogen) atoms. The molecule has 2 N–H and O–H groups in total. The summed E-state index contributed by atoms with van der Waals surface area (Å²) >= 11 is 0. The molecule has 1 aromatic rings. The highest BCUT2D eigenvalue weighted by Gasteiger charge is 2.14. The highest BCUT2D eigenvalue weighted by Crippen LogP contribution is 2.14. The Bertz CT molecular complexity index is 504. The molecule has 0 aliphatic carbocycles. The molecule has 0 radical (unpaired) electrons. The van der Waals surface area contributed by atoms with Crippen molar-refractivity contribution in [3.63, 3.8) is 0 Å². The van der Waals surface area contributed by atoms with Crippen LogP contribution in [0.15, 0.2) is 4.99 Å². The summed E-state index contributed by atoms with van der Waals surface area (Å²) < 4.78 is 2.32. The molecular weight excluding hydrogens is 300 g/mol. The number of fused-ring (bicyclic) bond motifs is 1.